The predicted molar refractivity (Wildman–Crippen MR) is 333 cm³/mol. The van der Waals surface area contributed by atoms with Gasteiger partial charge in [0.2, 0.25) is 5.91 Å². The molecule has 0 aliphatic carbocycles. The Kier molecular flexibility index (Phi) is 64.4. The summed E-state index contributed by atoms with van der Waals surface area (Å²) in [5.41, 5.74) is 0. The standard InChI is InChI=1S/C70H135NO5/c1-3-5-7-9-11-13-15-17-19-21-27-31-34-38-42-46-50-54-58-62-68(73)67(66-72)71-69(74)63-59-55-51-47-43-39-35-32-28-25-23-22-24-26-29-33-37-41-45-49-53-57-61-65-76-70(75)64-60-56-52-48-44-40-36-30-20-18-16-14-12-10-8-6-4-2/h22,24-25,28,67-68,72-73H,3-21,23,26-27,29-66H2,1-2H3,(H,71,74)/b24-22-,28-25-. The second kappa shape index (κ2) is 65.9. The van der Waals surface area contributed by atoms with Crippen molar-refractivity contribution in [1.29, 1.82) is 0 Å². The van der Waals surface area contributed by atoms with Gasteiger partial charge in [0.25, 0.3) is 0 Å². The number of hydrogen-bond donors (Lipinski definition) is 3. The van der Waals surface area contributed by atoms with Gasteiger partial charge in [-0.3, -0.25) is 9.59 Å². The molecule has 0 aliphatic rings. The van der Waals surface area contributed by atoms with Gasteiger partial charge in [-0.15, -0.1) is 0 Å². The molecule has 1 amide bonds. The van der Waals surface area contributed by atoms with Crippen molar-refractivity contribution >= 4 is 11.9 Å². The summed E-state index contributed by atoms with van der Waals surface area (Å²) in [6.45, 7) is 4.98. The highest BCUT2D eigenvalue weighted by atomic mass is 16.5. The highest BCUT2D eigenvalue weighted by Gasteiger charge is 2.20. The lowest BCUT2D eigenvalue weighted by molar-refractivity contribution is -0.143. The van der Waals surface area contributed by atoms with E-state index in [1.807, 2.05) is 0 Å². The van der Waals surface area contributed by atoms with E-state index in [-0.39, 0.29) is 18.5 Å². The molecule has 2 atom stereocenters. The zero-order valence-corrected chi connectivity index (χ0v) is 51.5. The van der Waals surface area contributed by atoms with Gasteiger partial charge in [0.15, 0.2) is 0 Å². The van der Waals surface area contributed by atoms with Crippen LogP contribution in [0.25, 0.3) is 0 Å². The number of hydrogen-bond acceptors (Lipinski definition) is 5. The van der Waals surface area contributed by atoms with Gasteiger partial charge >= 0.3 is 5.97 Å². The van der Waals surface area contributed by atoms with Crippen LogP contribution in [0.3, 0.4) is 0 Å². The lowest BCUT2D eigenvalue weighted by Crippen LogP contribution is -2.45. The summed E-state index contributed by atoms with van der Waals surface area (Å²) in [6, 6.07) is -0.550. The topological polar surface area (TPSA) is 95.9 Å². The summed E-state index contributed by atoms with van der Waals surface area (Å²) in [5.74, 6) is -0.0299. The van der Waals surface area contributed by atoms with Gasteiger partial charge in [0.05, 0.1) is 25.4 Å². The fourth-order valence-corrected chi connectivity index (χ4v) is 11.0. The molecule has 6 heteroatoms. The number of rotatable bonds is 65. The monoisotopic (exact) mass is 1070 g/mol. The van der Waals surface area contributed by atoms with Gasteiger partial charge in [-0.2, -0.15) is 0 Å². The number of amides is 1. The Bertz CT molecular complexity index is 1190. The number of aliphatic hydroxyl groups is 2. The number of unbranched alkanes of at least 4 members (excludes halogenated alkanes) is 50. The van der Waals surface area contributed by atoms with Crippen LogP contribution < -0.4 is 5.32 Å². The Balaban J connectivity index is 3.43. The second-order valence-corrected chi connectivity index (χ2v) is 23.9. The molecule has 0 saturated heterocycles. The minimum atomic E-state index is -0.672. The number of allylic oxidation sites excluding steroid dienone is 4. The second-order valence-electron chi connectivity index (χ2n) is 23.9. The van der Waals surface area contributed by atoms with E-state index in [9.17, 15) is 19.8 Å². The zero-order valence-electron chi connectivity index (χ0n) is 51.5. The van der Waals surface area contributed by atoms with Gasteiger partial charge in [-0.05, 0) is 57.8 Å². The fraction of sp³-hybridized carbons (Fsp3) is 0.914. The first-order valence-electron chi connectivity index (χ1n) is 34.6. The van der Waals surface area contributed by atoms with Crippen molar-refractivity contribution < 1.29 is 24.5 Å². The smallest absolute Gasteiger partial charge is 0.305 e. The van der Waals surface area contributed by atoms with Crippen LogP contribution >= 0.6 is 0 Å². The van der Waals surface area contributed by atoms with Crippen molar-refractivity contribution in [2.24, 2.45) is 0 Å². The van der Waals surface area contributed by atoms with Crippen LogP contribution in [-0.2, 0) is 14.3 Å². The molecule has 0 radical (unpaired) electrons. The molecule has 0 aromatic rings. The van der Waals surface area contributed by atoms with Gasteiger partial charge in [-0.1, -0.05) is 340 Å². The number of ether oxygens (including phenoxy) is 1. The maximum absolute atomic E-state index is 12.5. The van der Waals surface area contributed by atoms with Crippen LogP contribution in [0.5, 0.6) is 0 Å². The molecule has 3 N–H and O–H groups in total. The van der Waals surface area contributed by atoms with Crippen LogP contribution in [0.4, 0.5) is 0 Å². The molecule has 76 heavy (non-hydrogen) atoms. The van der Waals surface area contributed by atoms with Crippen LogP contribution in [-0.4, -0.2) is 47.4 Å². The van der Waals surface area contributed by atoms with E-state index in [4.69, 9.17) is 4.74 Å². The molecule has 0 rings (SSSR count). The molecule has 6 nitrogen and oxygen atoms in total. The van der Waals surface area contributed by atoms with Gasteiger partial charge in [0, 0.05) is 12.8 Å². The van der Waals surface area contributed by atoms with Crippen molar-refractivity contribution in [3.05, 3.63) is 24.3 Å². The summed E-state index contributed by atoms with van der Waals surface area (Å²) >= 11 is 0. The lowest BCUT2D eigenvalue weighted by atomic mass is 10.0. The Morgan fingerprint density at radius 2 is 0.658 bits per heavy atom. The zero-order chi connectivity index (χ0) is 55.0. The number of nitrogens with one attached hydrogen (secondary N) is 1. The van der Waals surface area contributed by atoms with E-state index in [2.05, 4.69) is 43.5 Å². The number of carbonyl (C=O) groups excluding carboxylic acids is 2. The first-order chi connectivity index (χ1) is 37.5. The number of esters is 1. The minimum absolute atomic E-state index is 0.0119. The third-order valence-corrected chi connectivity index (χ3v) is 16.3. The summed E-state index contributed by atoms with van der Waals surface area (Å²) in [4.78, 5) is 24.6. The average molecular weight is 1070 g/mol. The first-order valence-corrected chi connectivity index (χ1v) is 34.6. The van der Waals surface area contributed by atoms with Crippen molar-refractivity contribution in [1.82, 2.24) is 5.32 Å². The maximum Gasteiger partial charge on any atom is 0.305 e. The molecule has 0 spiro atoms. The third kappa shape index (κ3) is 61.6. The molecule has 0 aliphatic heterocycles. The SMILES string of the molecule is CCCCCCCCCCCCCCCCCCCCCC(O)C(CO)NC(=O)CCCCCCCCC/C=C\C/C=C\CCCCCCCCCCCOC(=O)CCCCCCCCCCCCCCCCCCC. The Morgan fingerprint density at radius 1 is 0.368 bits per heavy atom. The normalized spacial score (nSPS) is 12.6. The number of aliphatic hydroxyl groups excluding tert-OH is 2. The van der Waals surface area contributed by atoms with Gasteiger partial charge in [0.1, 0.15) is 0 Å². The lowest BCUT2D eigenvalue weighted by Gasteiger charge is -2.22. The van der Waals surface area contributed by atoms with Crippen LogP contribution in [0, 0.1) is 0 Å². The predicted octanol–water partition coefficient (Wildman–Crippen LogP) is 22.1. The molecule has 0 saturated carbocycles. The first kappa shape index (κ1) is 74.3. The summed E-state index contributed by atoms with van der Waals surface area (Å²) in [7, 11) is 0. The summed E-state index contributed by atoms with van der Waals surface area (Å²) in [6.07, 6.45) is 82.1. The largest absolute Gasteiger partial charge is 0.466 e. The van der Waals surface area contributed by atoms with E-state index in [1.165, 1.54) is 308 Å². The average Bonchev–Trinajstić information content (AvgIpc) is 3.42. The summed E-state index contributed by atoms with van der Waals surface area (Å²) < 4.78 is 5.50. The molecular weight excluding hydrogens is 935 g/mol. The van der Waals surface area contributed by atoms with Crippen molar-refractivity contribution in [3.8, 4) is 0 Å². The maximum atomic E-state index is 12.5. The Morgan fingerprint density at radius 3 is 1.00 bits per heavy atom. The third-order valence-electron chi connectivity index (χ3n) is 16.3. The highest BCUT2D eigenvalue weighted by Crippen LogP contribution is 2.19. The van der Waals surface area contributed by atoms with E-state index >= 15 is 0 Å². The molecular formula is C70H135NO5. The molecule has 0 bridgehead atoms. The van der Waals surface area contributed by atoms with E-state index < -0.39 is 12.1 Å². The van der Waals surface area contributed by atoms with Gasteiger partial charge < -0.3 is 20.3 Å². The Labute approximate surface area is 475 Å². The van der Waals surface area contributed by atoms with E-state index in [1.54, 1.807) is 0 Å². The molecule has 2 unspecified atom stereocenters. The number of carbonyl (C=O) groups is 2. The van der Waals surface area contributed by atoms with E-state index in [0.29, 0.717) is 25.9 Å². The molecule has 0 heterocycles. The minimum Gasteiger partial charge on any atom is -0.466 e. The molecule has 450 valence electrons. The highest BCUT2D eigenvalue weighted by molar-refractivity contribution is 5.76. The fourth-order valence-electron chi connectivity index (χ4n) is 11.0. The molecule has 0 aromatic carbocycles. The van der Waals surface area contributed by atoms with Crippen molar-refractivity contribution in [2.75, 3.05) is 13.2 Å². The van der Waals surface area contributed by atoms with Crippen molar-refractivity contribution in [2.45, 2.75) is 398 Å². The van der Waals surface area contributed by atoms with Crippen LogP contribution in [0.15, 0.2) is 24.3 Å². The van der Waals surface area contributed by atoms with Crippen LogP contribution in [0.2, 0.25) is 0 Å². The quantitative estimate of drug-likeness (QED) is 0.0320. The van der Waals surface area contributed by atoms with Gasteiger partial charge in [-0.25, -0.2) is 0 Å². The molecule has 0 aromatic heterocycles. The van der Waals surface area contributed by atoms with E-state index in [0.717, 1.165) is 44.9 Å². The van der Waals surface area contributed by atoms with Crippen molar-refractivity contribution in [3.63, 3.8) is 0 Å². The molecule has 0 fully saturated rings. The summed E-state index contributed by atoms with van der Waals surface area (Å²) in [5, 5.41) is 23.4. The Hall–Kier alpha value is -1.66. The van der Waals surface area contributed by atoms with Crippen LogP contribution in [0.1, 0.15) is 386 Å².